The van der Waals surface area contributed by atoms with Crippen LogP contribution in [0.1, 0.15) is 16.8 Å². The number of sulfone groups is 1. The van der Waals surface area contributed by atoms with Crippen LogP contribution < -0.4 is 10.6 Å². The van der Waals surface area contributed by atoms with E-state index in [1.54, 1.807) is 18.4 Å². The molecule has 1 heterocycles. The Morgan fingerprint density at radius 3 is 2.48 bits per heavy atom. The molecule has 2 aromatic carbocycles. The van der Waals surface area contributed by atoms with Crippen molar-refractivity contribution in [2.75, 3.05) is 13.3 Å². The maximum Gasteiger partial charge on any atom is 0.191 e. The molecule has 0 unspecified atom stereocenters. The number of nitrogens with one attached hydrogen (secondary N) is 2. The van der Waals surface area contributed by atoms with Gasteiger partial charge in [0.15, 0.2) is 15.8 Å². The van der Waals surface area contributed by atoms with Crippen LogP contribution in [0.2, 0.25) is 0 Å². The molecule has 3 aromatic rings. The zero-order chi connectivity index (χ0) is 21.6. The van der Waals surface area contributed by atoms with E-state index < -0.39 is 15.7 Å². The number of nitrogens with zero attached hydrogens (tertiary/aromatic N) is 2. The van der Waals surface area contributed by atoms with Crippen molar-refractivity contribution in [2.45, 2.75) is 18.8 Å². The van der Waals surface area contributed by atoms with Crippen LogP contribution in [0, 0.1) is 5.82 Å². The SMILES string of the molecule is CN=C(NCc1csc(-c2ccccc2)n1)NCc1cc(F)ccc1CS(C)(=O)=O.I. The van der Waals surface area contributed by atoms with Crippen LogP contribution >= 0.6 is 35.3 Å². The van der Waals surface area contributed by atoms with Gasteiger partial charge in [-0.15, -0.1) is 35.3 Å². The maximum absolute atomic E-state index is 13.7. The molecule has 3 rings (SSSR count). The van der Waals surface area contributed by atoms with Gasteiger partial charge in [0.05, 0.1) is 18.0 Å². The first-order valence-electron chi connectivity index (χ1n) is 9.23. The predicted molar refractivity (Wildman–Crippen MR) is 135 cm³/mol. The highest BCUT2D eigenvalue weighted by molar-refractivity contribution is 14.0. The zero-order valence-electron chi connectivity index (χ0n) is 17.1. The van der Waals surface area contributed by atoms with Gasteiger partial charge in [-0.25, -0.2) is 17.8 Å². The van der Waals surface area contributed by atoms with Gasteiger partial charge in [-0.3, -0.25) is 4.99 Å². The Morgan fingerprint density at radius 1 is 1.10 bits per heavy atom. The molecule has 10 heteroatoms. The second kappa shape index (κ2) is 11.5. The van der Waals surface area contributed by atoms with Crippen LogP contribution in [0.25, 0.3) is 10.6 Å². The number of hydrogen-bond donors (Lipinski definition) is 2. The van der Waals surface area contributed by atoms with E-state index in [0.717, 1.165) is 22.5 Å². The van der Waals surface area contributed by atoms with Crippen LogP contribution in [0.4, 0.5) is 4.39 Å². The summed E-state index contributed by atoms with van der Waals surface area (Å²) < 4.78 is 36.9. The van der Waals surface area contributed by atoms with Gasteiger partial charge in [0, 0.05) is 30.8 Å². The van der Waals surface area contributed by atoms with Crippen LogP contribution in [-0.2, 0) is 28.7 Å². The summed E-state index contributed by atoms with van der Waals surface area (Å²) in [5, 5.41) is 9.21. The number of thiazole rings is 1. The van der Waals surface area contributed by atoms with Gasteiger partial charge in [-0.2, -0.15) is 0 Å². The number of guanidine groups is 1. The minimum atomic E-state index is -3.23. The zero-order valence-corrected chi connectivity index (χ0v) is 21.1. The van der Waals surface area contributed by atoms with Gasteiger partial charge in [-0.05, 0) is 23.3 Å². The summed E-state index contributed by atoms with van der Waals surface area (Å²) in [6.45, 7) is 0.719. The predicted octanol–water partition coefficient (Wildman–Crippen LogP) is 3.98. The molecule has 0 atom stereocenters. The Hall–Kier alpha value is -2.05. The molecule has 0 aliphatic heterocycles. The highest BCUT2D eigenvalue weighted by atomic mass is 127. The highest BCUT2D eigenvalue weighted by Crippen LogP contribution is 2.23. The van der Waals surface area contributed by atoms with E-state index >= 15 is 0 Å². The monoisotopic (exact) mass is 574 g/mol. The summed E-state index contributed by atoms with van der Waals surface area (Å²) in [5.74, 6) is -0.0426. The van der Waals surface area contributed by atoms with Crippen molar-refractivity contribution < 1.29 is 12.8 Å². The van der Waals surface area contributed by atoms with Crippen LogP contribution in [0.3, 0.4) is 0 Å². The molecule has 2 N–H and O–H groups in total. The number of halogens is 2. The summed E-state index contributed by atoms with van der Waals surface area (Å²) >= 11 is 1.57. The first-order valence-corrected chi connectivity index (χ1v) is 12.2. The van der Waals surface area contributed by atoms with E-state index in [-0.39, 0.29) is 36.3 Å². The Bertz CT molecular complexity index is 1140. The van der Waals surface area contributed by atoms with Crippen LogP contribution in [0.15, 0.2) is 58.9 Å². The van der Waals surface area contributed by atoms with E-state index in [9.17, 15) is 12.8 Å². The molecule has 0 fully saturated rings. The van der Waals surface area contributed by atoms with Gasteiger partial charge in [0.25, 0.3) is 0 Å². The lowest BCUT2D eigenvalue weighted by molar-refractivity contribution is 0.599. The van der Waals surface area contributed by atoms with Crippen molar-refractivity contribution in [3.8, 4) is 10.6 Å². The van der Waals surface area contributed by atoms with Crippen molar-refractivity contribution in [3.63, 3.8) is 0 Å². The molecular weight excluding hydrogens is 550 g/mol. The Balaban J connectivity index is 0.00000341. The minimum absolute atomic E-state index is 0. The van der Waals surface area contributed by atoms with E-state index in [4.69, 9.17) is 0 Å². The first-order chi connectivity index (χ1) is 14.3. The largest absolute Gasteiger partial charge is 0.352 e. The second-order valence-electron chi connectivity index (χ2n) is 6.77. The summed E-state index contributed by atoms with van der Waals surface area (Å²) in [5.41, 5.74) is 3.09. The fraction of sp³-hybridized carbons (Fsp3) is 0.238. The third kappa shape index (κ3) is 7.86. The lowest BCUT2D eigenvalue weighted by Crippen LogP contribution is -2.36. The Morgan fingerprint density at radius 2 is 1.81 bits per heavy atom. The van der Waals surface area contributed by atoms with Crippen molar-refractivity contribution in [3.05, 3.63) is 76.5 Å². The first kappa shape index (κ1) is 25.2. The molecule has 0 bridgehead atoms. The molecule has 0 saturated carbocycles. The van der Waals surface area contributed by atoms with Gasteiger partial charge in [0.1, 0.15) is 10.8 Å². The number of rotatable bonds is 7. The molecule has 0 aliphatic rings. The van der Waals surface area contributed by atoms with Crippen molar-refractivity contribution in [1.29, 1.82) is 0 Å². The quantitative estimate of drug-likeness (QED) is 0.254. The molecule has 166 valence electrons. The molecule has 0 spiro atoms. The second-order valence-corrected chi connectivity index (χ2v) is 9.77. The van der Waals surface area contributed by atoms with Crippen molar-refractivity contribution in [2.24, 2.45) is 4.99 Å². The smallest absolute Gasteiger partial charge is 0.191 e. The number of benzene rings is 2. The van der Waals surface area contributed by atoms with E-state index in [2.05, 4.69) is 20.6 Å². The molecule has 0 saturated heterocycles. The Labute approximate surface area is 203 Å². The fourth-order valence-electron chi connectivity index (χ4n) is 2.86. The average molecular weight is 574 g/mol. The number of aliphatic imine (C=N–C) groups is 1. The topological polar surface area (TPSA) is 83.4 Å². The van der Waals surface area contributed by atoms with Gasteiger partial charge in [0.2, 0.25) is 0 Å². The minimum Gasteiger partial charge on any atom is -0.352 e. The van der Waals surface area contributed by atoms with E-state index in [1.165, 1.54) is 18.2 Å². The highest BCUT2D eigenvalue weighted by Gasteiger charge is 2.11. The van der Waals surface area contributed by atoms with Crippen molar-refractivity contribution >= 4 is 51.1 Å². The standard InChI is InChI=1S/C21H23FN4O2S2.HI/c1-23-21(24-11-17-10-18(22)9-8-16(17)14-30(2,27)28)25-12-19-13-29-20(26-19)15-6-4-3-5-7-15;/h3-10,13H,11-12,14H2,1-2H3,(H2,23,24,25);1H. The summed E-state index contributed by atoms with van der Waals surface area (Å²) in [6.07, 6.45) is 1.16. The van der Waals surface area contributed by atoms with E-state index in [0.29, 0.717) is 23.6 Å². The van der Waals surface area contributed by atoms with Gasteiger partial charge >= 0.3 is 0 Å². The summed E-state index contributed by atoms with van der Waals surface area (Å²) in [6, 6.07) is 14.1. The summed E-state index contributed by atoms with van der Waals surface area (Å²) in [4.78, 5) is 8.80. The maximum atomic E-state index is 13.7. The fourth-order valence-corrected chi connectivity index (χ4v) is 4.53. The number of aromatic nitrogens is 1. The average Bonchev–Trinajstić information content (AvgIpc) is 3.19. The van der Waals surface area contributed by atoms with Crippen LogP contribution in [-0.4, -0.2) is 32.7 Å². The van der Waals surface area contributed by atoms with Crippen LogP contribution in [0.5, 0.6) is 0 Å². The summed E-state index contributed by atoms with van der Waals surface area (Å²) in [7, 11) is -1.59. The Kier molecular flexibility index (Phi) is 9.38. The third-order valence-corrected chi connectivity index (χ3v) is 6.04. The third-order valence-electron chi connectivity index (χ3n) is 4.27. The number of hydrogen-bond acceptors (Lipinski definition) is 5. The molecule has 6 nitrogen and oxygen atoms in total. The molecule has 1 aromatic heterocycles. The molecule has 31 heavy (non-hydrogen) atoms. The van der Waals surface area contributed by atoms with Gasteiger partial charge in [-0.1, -0.05) is 36.4 Å². The lowest BCUT2D eigenvalue weighted by Gasteiger charge is -2.14. The molecule has 0 aliphatic carbocycles. The lowest BCUT2D eigenvalue weighted by atomic mass is 10.1. The molecule has 0 radical (unpaired) electrons. The molecule has 0 amide bonds. The normalized spacial score (nSPS) is 11.6. The van der Waals surface area contributed by atoms with Gasteiger partial charge < -0.3 is 10.6 Å². The van der Waals surface area contributed by atoms with E-state index in [1.807, 2.05) is 35.7 Å². The molecular formula is C21H24FIN4O2S2. The van der Waals surface area contributed by atoms with Crippen molar-refractivity contribution in [1.82, 2.24) is 15.6 Å².